The Morgan fingerprint density at radius 1 is 1.11 bits per heavy atom. The van der Waals surface area contributed by atoms with E-state index >= 15 is 0 Å². The Hall–Kier alpha value is -0.120. The van der Waals surface area contributed by atoms with Crippen molar-refractivity contribution in [2.24, 2.45) is 5.92 Å². The van der Waals surface area contributed by atoms with Crippen molar-refractivity contribution >= 4 is 43.2 Å². The Kier molecular flexibility index (Phi) is 6.11. The third-order valence-corrected chi connectivity index (χ3v) is 5.85. The Bertz CT molecular complexity index is 519. The summed E-state index contributed by atoms with van der Waals surface area (Å²) in [7, 11) is 0. The van der Waals surface area contributed by atoms with E-state index in [1.807, 2.05) is 11.3 Å². The zero-order valence-corrected chi connectivity index (χ0v) is 15.0. The predicted octanol–water partition coefficient (Wildman–Crippen LogP) is 5.87. The van der Waals surface area contributed by atoms with Crippen molar-refractivity contribution in [3.8, 4) is 0 Å². The van der Waals surface area contributed by atoms with Gasteiger partial charge in [-0.2, -0.15) is 0 Å². The molecule has 2 aromatic rings. The molecule has 1 aromatic carbocycles. The normalized spacial score (nSPS) is 12.6. The average molecular weight is 402 g/mol. The van der Waals surface area contributed by atoms with Crippen LogP contribution < -0.4 is 0 Å². The summed E-state index contributed by atoms with van der Waals surface area (Å²) in [4.78, 5) is 3.00. The fourth-order valence-electron chi connectivity index (χ4n) is 2.19. The molecule has 3 heteroatoms. The predicted molar refractivity (Wildman–Crippen MR) is 92.5 cm³/mol. The van der Waals surface area contributed by atoms with Gasteiger partial charge >= 0.3 is 0 Å². The van der Waals surface area contributed by atoms with Crippen molar-refractivity contribution < 1.29 is 0 Å². The molecular formula is C16H18Br2S. The van der Waals surface area contributed by atoms with Crippen LogP contribution in [0.4, 0.5) is 0 Å². The zero-order chi connectivity index (χ0) is 13.7. The van der Waals surface area contributed by atoms with Crippen LogP contribution in [0.2, 0.25) is 0 Å². The van der Waals surface area contributed by atoms with Crippen LogP contribution in [0.1, 0.15) is 22.2 Å². The third-order valence-electron chi connectivity index (χ3n) is 3.19. The maximum Gasteiger partial charge on any atom is 0.0177 e. The lowest BCUT2D eigenvalue weighted by Crippen LogP contribution is -2.09. The molecule has 0 amide bonds. The number of hydrogen-bond donors (Lipinski definition) is 0. The van der Waals surface area contributed by atoms with E-state index in [9.17, 15) is 0 Å². The SMILES string of the molecule is CCc1ccc(CC(CBr)Cc2cccc(Br)c2)s1. The smallest absolute Gasteiger partial charge is 0.0177 e. The highest BCUT2D eigenvalue weighted by Crippen LogP contribution is 2.24. The Balaban J connectivity index is 2.00. The van der Waals surface area contributed by atoms with Gasteiger partial charge in [-0.3, -0.25) is 0 Å². The van der Waals surface area contributed by atoms with Crippen LogP contribution in [0.25, 0.3) is 0 Å². The lowest BCUT2D eigenvalue weighted by molar-refractivity contribution is 0.596. The third kappa shape index (κ3) is 4.73. The van der Waals surface area contributed by atoms with Gasteiger partial charge < -0.3 is 0 Å². The van der Waals surface area contributed by atoms with Crippen LogP contribution in [0.5, 0.6) is 0 Å². The molecule has 0 saturated carbocycles. The largest absolute Gasteiger partial charge is 0.145 e. The van der Waals surface area contributed by atoms with Gasteiger partial charge in [-0.25, -0.2) is 0 Å². The van der Waals surface area contributed by atoms with Crippen molar-refractivity contribution in [2.45, 2.75) is 26.2 Å². The summed E-state index contributed by atoms with van der Waals surface area (Å²) < 4.78 is 1.17. The summed E-state index contributed by atoms with van der Waals surface area (Å²) >= 11 is 9.17. The van der Waals surface area contributed by atoms with Crippen LogP contribution >= 0.6 is 43.2 Å². The second-order valence-corrected chi connectivity index (χ2v) is 7.60. The Labute approximate surface area is 136 Å². The molecule has 0 radical (unpaired) electrons. The van der Waals surface area contributed by atoms with Crippen molar-refractivity contribution in [3.05, 3.63) is 56.2 Å². The summed E-state index contributed by atoms with van der Waals surface area (Å²) in [5, 5.41) is 1.05. The van der Waals surface area contributed by atoms with E-state index < -0.39 is 0 Å². The fourth-order valence-corrected chi connectivity index (χ4v) is 4.16. The maximum absolute atomic E-state index is 3.67. The number of rotatable bonds is 6. The second-order valence-electron chi connectivity index (χ2n) is 4.78. The van der Waals surface area contributed by atoms with Gasteiger partial charge in [0.15, 0.2) is 0 Å². The molecule has 1 unspecified atom stereocenters. The first-order valence-electron chi connectivity index (χ1n) is 6.59. The first kappa shape index (κ1) is 15.3. The monoisotopic (exact) mass is 400 g/mol. The number of benzene rings is 1. The van der Waals surface area contributed by atoms with E-state index in [2.05, 4.69) is 75.2 Å². The molecule has 0 N–H and O–H groups in total. The summed E-state index contributed by atoms with van der Waals surface area (Å²) in [6, 6.07) is 13.2. The van der Waals surface area contributed by atoms with Gasteiger partial charge in [-0.15, -0.1) is 11.3 Å². The molecule has 0 saturated heterocycles. The second kappa shape index (κ2) is 7.61. The molecule has 1 aromatic heterocycles. The standard InChI is InChI=1S/C16H18Br2S/c1-2-15-6-7-16(19-15)10-13(11-17)8-12-4-3-5-14(18)9-12/h3-7,9,13H,2,8,10-11H2,1H3. The number of alkyl halides is 1. The van der Waals surface area contributed by atoms with E-state index in [-0.39, 0.29) is 0 Å². The highest BCUT2D eigenvalue weighted by Gasteiger charge is 2.11. The van der Waals surface area contributed by atoms with E-state index in [0.717, 1.165) is 18.2 Å². The molecule has 0 nitrogen and oxygen atoms in total. The van der Waals surface area contributed by atoms with E-state index in [0.29, 0.717) is 5.92 Å². The molecular weight excluding hydrogens is 384 g/mol. The minimum Gasteiger partial charge on any atom is -0.145 e. The number of thiophene rings is 1. The van der Waals surface area contributed by atoms with Gasteiger partial charge in [-0.05, 0) is 55.0 Å². The zero-order valence-electron chi connectivity index (χ0n) is 11.0. The van der Waals surface area contributed by atoms with Crippen molar-refractivity contribution in [1.82, 2.24) is 0 Å². The lowest BCUT2D eigenvalue weighted by Gasteiger charge is -2.13. The first-order chi connectivity index (χ1) is 9.21. The summed E-state index contributed by atoms with van der Waals surface area (Å²) in [5.41, 5.74) is 1.41. The molecule has 0 aliphatic rings. The molecule has 0 spiro atoms. The quantitative estimate of drug-likeness (QED) is 0.531. The maximum atomic E-state index is 3.67. The Morgan fingerprint density at radius 2 is 1.89 bits per heavy atom. The highest BCUT2D eigenvalue weighted by molar-refractivity contribution is 9.10. The summed E-state index contributed by atoms with van der Waals surface area (Å²) in [6.07, 6.45) is 3.45. The van der Waals surface area contributed by atoms with Crippen LogP contribution in [0, 0.1) is 5.92 Å². The van der Waals surface area contributed by atoms with E-state index in [1.54, 1.807) is 0 Å². The molecule has 0 aliphatic carbocycles. The Morgan fingerprint density at radius 3 is 2.53 bits per heavy atom. The number of halogens is 2. The fraction of sp³-hybridized carbons (Fsp3) is 0.375. The number of hydrogen-bond acceptors (Lipinski definition) is 1. The topological polar surface area (TPSA) is 0 Å². The molecule has 2 rings (SSSR count). The van der Waals surface area contributed by atoms with Crippen LogP contribution in [-0.4, -0.2) is 5.33 Å². The molecule has 1 atom stereocenters. The van der Waals surface area contributed by atoms with Crippen LogP contribution in [0.15, 0.2) is 40.9 Å². The van der Waals surface area contributed by atoms with Gasteiger partial charge in [0.1, 0.15) is 0 Å². The van der Waals surface area contributed by atoms with Crippen LogP contribution in [0.3, 0.4) is 0 Å². The minimum atomic E-state index is 0.664. The van der Waals surface area contributed by atoms with Crippen molar-refractivity contribution in [3.63, 3.8) is 0 Å². The summed E-state index contributed by atoms with van der Waals surface area (Å²) in [6.45, 7) is 2.22. The molecule has 102 valence electrons. The molecule has 0 bridgehead atoms. The molecule has 19 heavy (non-hydrogen) atoms. The van der Waals surface area contributed by atoms with Gasteiger partial charge in [0.05, 0.1) is 0 Å². The van der Waals surface area contributed by atoms with E-state index in [1.165, 1.54) is 26.2 Å². The van der Waals surface area contributed by atoms with Crippen LogP contribution in [-0.2, 0) is 19.3 Å². The summed E-state index contributed by atoms with van der Waals surface area (Å²) in [5.74, 6) is 0.664. The molecule has 0 aliphatic heterocycles. The number of aryl methyl sites for hydroxylation is 1. The van der Waals surface area contributed by atoms with Crippen molar-refractivity contribution in [2.75, 3.05) is 5.33 Å². The van der Waals surface area contributed by atoms with Gasteiger partial charge in [0, 0.05) is 19.6 Å². The van der Waals surface area contributed by atoms with Gasteiger partial charge in [0.25, 0.3) is 0 Å². The van der Waals surface area contributed by atoms with Crippen molar-refractivity contribution in [1.29, 1.82) is 0 Å². The minimum absolute atomic E-state index is 0.664. The van der Waals surface area contributed by atoms with Gasteiger partial charge in [0.2, 0.25) is 0 Å². The molecule has 0 fully saturated rings. The lowest BCUT2D eigenvalue weighted by atomic mass is 9.97. The van der Waals surface area contributed by atoms with E-state index in [4.69, 9.17) is 0 Å². The molecule has 1 heterocycles. The average Bonchev–Trinajstić information content (AvgIpc) is 2.85. The van der Waals surface area contributed by atoms with Gasteiger partial charge in [-0.1, -0.05) is 50.9 Å². The first-order valence-corrected chi connectivity index (χ1v) is 9.32. The highest BCUT2D eigenvalue weighted by atomic mass is 79.9.